The minimum absolute atomic E-state index is 0.243. The van der Waals surface area contributed by atoms with Gasteiger partial charge in [0.1, 0.15) is 5.82 Å². The first kappa shape index (κ1) is 11.4. The third-order valence-corrected chi connectivity index (χ3v) is 3.51. The second-order valence-electron chi connectivity index (χ2n) is 4.21. The lowest BCUT2D eigenvalue weighted by Crippen LogP contribution is -1.96. The zero-order chi connectivity index (χ0) is 12.7. The zero-order valence-electron chi connectivity index (χ0n) is 9.69. The van der Waals surface area contributed by atoms with Gasteiger partial charge in [-0.25, -0.2) is 9.07 Å². The van der Waals surface area contributed by atoms with E-state index in [1.807, 2.05) is 17.8 Å². The summed E-state index contributed by atoms with van der Waals surface area (Å²) in [5, 5.41) is 5.41. The molecule has 1 aromatic heterocycles. The number of rotatable bonds is 1. The highest BCUT2D eigenvalue weighted by atomic mass is 79.9. The molecular formula is C14H10BrFN2. The first-order valence-electron chi connectivity index (χ1n) is 5.55. The van der Waals surface area contributed by atoms with E-state index in [9.17, 15) is 4.39 Å². The molecule has 0 fully saturated rings. The Bertz CT molecular complexity index is 716. The molecule has 1 heterocycles. The van der Waals surface area contributed by atoms with Crippen molar-refractivity contribution >= 4 is 26.8 Å². The van der Waals surface area contributed by atoms with Crippen LogP contribution in [0, 0.1) is 12.7 Å². The van der Waals surface area contributed by atoms with Crippen molar-refractivity contribution in [3.05, 3.63) is 58.4 Å². The molecule has 2 aromatic carbocycles. The van der Waals surface area contributed by atoms with E-state index in [4.69, 9.17) is 0 Å². The second-order valence-corrected chi connectivity index (χ2v) is 5.07. The van der Waals surface area contributed by atoms with Crippen LogP contribution in [0.1, 0.15) is 5.56 Å². The largest absolute Gasteiger partial charge is 0.233 e. The Balaban J connectivity index is 2.27. The van der Waals surface area contributed by atoms with Crippen LogP contribution in [0.25, 0.3) is 16.6 Å². The number of nitrogens with zero attached hydrogens (tertiary/aromatic N) is 2. The van der Waals surface area contributed by atoms with Gasteiger partial charge in [-0.1, -0.05) is 15.9 Å². The fourth-order valence-electron chi connectivity index (χ4n) is 2.00. The smallest absolute Gasteiger partial charge is 0.123 e. The van der Waals surface area contributed by atoms with Gasteiger partial charge in [0.2, 0.25) is 0 Å². The lowest BCUT2D eigenvalue weighted by molar-refractivity contribution is 0.627. The number of hydrogen-bond acceptors (Lipinski definition) is 1. The molecule has 0 spiro atoms. The van der Waals surface area contributed by atoms with Crippen LogP contribution < -0.4 is 0 Å². The summed E-state index contributed by atoms with van der Waals surface area (Å²) in [7, 11) is 0. The summed E-state index contributed by atoms with van der Waals surface area (Å²) in [5.41, 5.74) is 3.01. The van der Waals surface area contributed by atoms with E-state index in [1.54, 1.807) is 12.1 Å². The molecule has 0 N–H and O–H groups in total. The minimum atomic E-state index is -0.243. The van der Waals surface area contributed by atoms with Crippen LogP contribution in [0.15, 0.2) is 47.1 Å². The fraction of sp³-hybridized carbons (Fsp3) is 0.0714. The van der Waals surface area contributed by atoms with Crippen molar-refractivity contribution in [3.63, 3.8) is 0 Å². The Hall–Kier alpha value is -1.68. The molecule has 0 aliphatic heterocycles. The molecule has 0 saturated carbocycles. The van der Waals surface area contributed by atoms with E-state index in [2.05, 4.69) is 33.2 Å². The monoisotopic (exact) mass is 304 g/mol. The Labute approximate surface area is 112 Å². The van der Waals surface area contributed by atoms with Gasteiger partial charge in [-0.05, 0) is 48.9 Å². The summed E-state index contributed by atoms with van der Waals surface area (Å²) in [6, 6.07) is 10.4. The molecular weight excluding hydrogens is 295 g/mol. The highest BCUT2D eigenvalue weighted by molar-refractivity contribution is 9.10. The quantitative estimate of drug-likeness (QED) is 0.657. The molecule has 0 aliphatic carbocycles. The van der Waals surface area contributed by atoms with Crippen LogP contribution in [0.5, 0.6) is 0 Å². The molecule has 3 rings (SSSR count). The van der Waals surface area contributed by atoms with Gasteiger partial charge in [-0.15, -0.1) is 0 Å². The maximum absolute atomic E-state index is 12.9. The van der Waals surface area contributed by atoms with Gasteiger partial charge in [-0.3, -0.25) is 0 Å². The van der Waals surface area contributed by atoms with E-state index < -0.39 is 0 Å². The highest BCUT2D eigenvalue weighted by Crippen LogP contribution is 2.27. The Morgan fingerprint density at radius 1 is 1.17 bits per heavy atom. The number of halogens is 2. The van der Waals surface area contributed by atoms with E-state index in [0.29, 0.717) is 0 Å². The average molecular weight is 305 g/mol. The van der Waals surface area contributed by atoms with Crippen LogP contribution in [-0.2, 0) is 0 Å². The van der Waals surface area contributed by atoms with E-state index in [-0.39, 0.29) is 5.82 Å². The first-order valence-corrected chi connectivity index (χ1v) is 6.34. The van der Waals surface area contributed by atoms with Crippen LogP contribution >= 0.6 is 15.9 Å². The number of fused-ring (bicyclic) bond motifs is 1. The average Bonchev–Trinajstić information content (AvgIpc) is 2.74. The number of aryl methyl sites for hydroxylation is 1. The lowest BCUT2D eigenvalue weighted by Gasteiger charge is -2.04. The van der Waals surface area contributed by atoms with Crippen LogP contribution in [-0.4, -0.2) is 9.78 Å². The Kier molecular flexibility index (Phi) is 2.67. The van der Waals surface area contributed by atoms with Crippen molar-refractivity contribution < 1.29 is 4.39 Å². The zero-order valence-corrected chi connectivity index (χ0v) is 11.3. The summed E-state index contributed by atoms with van der Waals surface area (Å²) in [4.78, 5) is 0. The van der Waals surface area contributed by atoms with Crippen LogP contribution in [0.3, 0.4) is 0 Å². The summed E-state index contributed by atoms with van der Waals surface area (Å²) >= 11 is 3.53. The first-order chi connectivity index (χ1) is 8.65. The summed E-state index contributed by atoms with van der Waals surface area (Å²) in [5.74, 6) is -0.243. The molecule has 3 aromatic rings. The molecule has 0 atom stereocenters. The van der Waals surface area contributed by atoms with Gasteiger partial charge in [0.15, 0.2) is 0 Å². The van der Waals surface area contributed by atoms with Crippen molar-refractivity contribution in [1.29, 1.82) is 0 Å². The van der Waals surface area contributed by atoms with Crippen molar-refractivity contribution in [2.24, 2.45) is 0 Å². The number of hydrogen-bond donors (Lipinski definition) is 0. The van der Waals surface area contributed by atoms with Crippen molar-refractivity contribution in [3.8, 4) is 5.69 Å². The van der Waals surface area contributed by atoms with Crippen LogP contribution in [0.4, 0.5) is 4.39 Å². The highest BCUT2D eigenvalue weighted by Gasteiger charge is 2.08. The van der Waals surface area contributed by atoms with Crippen LogP contribution in [0.2, 0.25) is 0 Å². The van der Waals surface area contributed by atoms with Crippen molar-refractivity contribution in [1.82, 2.24) is 9.78 Å². The summed E-state index contributed by atoms with van der Waals surface area (Å²) in [6.45, 7) is 2.03. The molecule has 90 valence electrons. The predicted molar refractivity (Wildman–Crippen MR) is 73.5 cm³/mol. The number of benzene rings is 2. The maximum Gasteiger partial charge on any atom is 0.123 e. The second kappa shape index (κ2) is 4.21. The topological polar surface area (TPSA) is 17.8 Å². The van der Waals surface area contributed by atoms with Gasteiger partial charge < -0.3 is 0 Å². The van der Waals surface area contributed by atoms with Crippen molar-refractivity contribution in [2.75, 3.05) is 0 Å². The summed E-state index contributed by atoms with van der Waals surface area (Å²) < 4.78 is 15.8. The van der Waals surface area contributed by atoms with Gasteiger partial charge in [0, 0.05) is 9.86 Å². The third kappa shape index (κ3) is 1.82. The molecule has 0 unspecified atom stereocenters. The normalized spacial score (nSPS) is 11.1. The summed E-state index contributed by atoms with van der Waals surface area (Å²) in [6.07, 6.45) is 1.81. The van der Waals surface area contributed by atoms with E-state index in [1.165, 1.54) is 12.1 Å². The van der Waals surface area contributed by atoms with Gasteiger partial charge in [-0.2, -0.15) is 5.10 Å². The minimum Gasteiger partial charge on any atom is -0.233 e. The predicted octanol–water partition coefficient (Wildman–Crippen LogP) is 4.24. The Morgan fingerprint density at radius 3 is 2.61 bits per heavy atom. The molecule has 0 saturated heterocycles. The molecule has 2 nitrogen and oxygen atoms in total. The standard InChI is InChI=1S/C14H10BrFN2/c1-9-6-13(15)12-8-17-18(14(12)7-9)11-4-2-10(16)3-5-11/h2-8H,1H3. The number of aromatic nitrogens is 2. The maximum atomic E-state index is 12.9. The van der Waals surface area contributed by atoms with E-state index >= 15 is 0 Å². The fourth-order valence-corrected chi connectivity index (χ4v) is 2.67. The van der Waals surface area contributed by atoms with Gasteiger partial charge in [0.25, 0.3) is 0 Å². The van der Waals surface area contributed by atoms with Crippen molar-refractivity contribution in [2.45, 2.75) is 6.92 Å². The lowest BCUT2D eigenvalue weighted by atomic mass is 10.2. The molecule has 0 aliphatic rings. The Morgan fingerprint density at radius 2 is 1.89 bits per heavy atom. The SMILES string of the molecule is Cc1cc(Br)c2cnn(-c3ccc(F)cc3)c2c1. The third-order valence-electron chi connectivity index (χ3n) is 2.85. The van der Waals surface area contributed by atoms with Gasteiger partial charge >= 0.3 is 0 Å². The van der Waals surface area contributed by atoms with Gasteiger partial charge in [0.05, 0.1) is 17.4 Å². The molecule has 0 amide bonds. The molecule has 0 radical (unpaired) electrons. The van der Waals surface area contributed by atoms with E-state index in [0.717, 1.165) is 26.6 Å². The molecule has 18 heavy (non-hydrogen) atoms. The molecule has 0 bridgehead atoms. The molecule has 4 heteroatoms.